The van der Waals surface area contributed by atoms with Crippen molar-refractivity contribution in [1.29, 1.82) is 0 Å². The average Bonchev–Trinajstić information content (AvgIpc) is 3.21. The number of fused-ring (bicyclic) bond motifs is 1. The number of hydrogen-bond donors (Lipinski definition) is 1. The van der Waals surface area contributed by atoms with Crippen molar-refractivity contribution < 1.29 is 23.1 Å². The molecule has 29 heavy (non-hydrogen) atoms. The molecule has 5 nitrogen and oxygen atoms in total. The van der Waals surface area contributed by atoms with Crippen molar-refractivity contribution in [2.24, 2.45) is 0 Å². The van der Waals surface area contributed by atoms with Crippen LogP contribution in [0.5, 0.6) is 5.75 Å². The first kappa shape index (κ1) is 19.1. The van der Waals surface area contributed by atoms with E-state index in [1.165, 1.54) is 12.3 Å². The van der Waals surface area contributed by atoms with Crippen LogP contribution in [-0.4, -0.2) is 27.4 Å². The summed E-state index contributed by atoms with van der Waals surface area (Å²) in [7, 11) is 0. The Balaban J connectivity index is 1.64. The molecule has 0 spiro atoms. The van der Waals surface area contributed by atoms with Crippen LogP contribution in [0.4, 0.5) is 8.78 Å². The van der Waals surface area contributed by atoms with Crippen molar-refractivity contribution in [2.45, 2.75) is 32.7 Å². The van der Waals surface area contributed by atoms with E-state index in [2.05, 4.69) is 4.98 Å². The maximum absolute atomic E-state index is 14.4. The van der Waals surface area contributed by atoms with Crippen molar-refractivity contribution in [3.63, 3.8) is 0 Å². The highest BCUT2D eigenvalue weighted by molar-refractivity contribution is 5.92. The number of halogens is 2. The van der Waals surface area contributed by atoms with Crippen LogP contribution in [0.3, 0.4) is 0 Å². The molecule has 0 radical (unpaired) electrons. The summed E-state index contributed by atoms with van der Waals surface area (Å²) in [4.78, 5) is 18.7. The molecule has 1 amide bonds. The van der Waals surface area contributed by atoms with Gasteiger partial charge in [0.1, 0.15) is 6.26 Å². The molecule has 0 saturated heterocycles. The summed E-state index contributed by atoms with van der Waals surface area (Å²) >= 11 is 0. The zero-order valence-electron chi connectivity index (χ0n) is 16.1. The molecule has 0 aliphatic carbocycles. The lowest BCUT2D eigenvalue weighted by Gasteiger charge is -2.29. The smallest absolute Gasteiger partial charge is 0.276 e. The second kappa shape index (κ2) is 7.31. The highest BCUT2D eigenvalue weighted by Crippen LogP contribution is 2.35. The number of carbonyl (C=O) groups excluding carboxylic acids is 1. The standard InChI is InChI=1S/C22H20F2N2O3/c1-12(2)21-25-17(11-29-21)22(28)26-9-8-14-13(10-26)4-3-5-15(14)16-6-7-18(27)20(24)19(16)23/h3-7,11-12,27H,8-10H2,1-2H3. The van der Waals surface area contributed by atoms with Gasteiger partial charge in [-0.05, 0) is 35.2 Å². The maximum atomic E-state index is 14.4. The van der Waals surface area contributed by atoms with Crippen LogP contribution in [0, 0.1) is 11.6 Å². The molecule has 1 N–H and O–H groups in total. The van der Waals surface area contributed by atoms with Gasteiger partial charge >= 0.3 is 0 Å². The summed E-state index contributed by atoms with van der Waals surface area (Å²) < 4.78 is 33.6. The molecule has 7 heteroatoms. The first-order valence-corrected chi connectivity index (χ1v) is 9.39. The number of nitrogens with zero attached hydrogens (tertiary/aromatic N) is 2. The molecule has 0 saturated carbocycles. The third kappa shape index (κ3) is 3.37. The Kier molecular flexibility index (Phi) is 4.82. The zero-order valence-corrected chi connectivity index (χ0v) is 16.1. The van der Waals surface area contributed by atoms with Crippen LogP contribution < -0.4 is 0 Å². The number of phenolic OH excluding ortho intramolecular Hbond substituents is 1. The van der Waals surface area contributed by atoms with Gasteiger partial charge < -0.3 is 14.4 Å². The molecular weight excluding hydrogens is 378 g/mol. The van der Waals surface area contributed by atoms with Gasteiger partial charge in [0, 0.05) is 24.6 Å². The number of aromatic nitrogens is 1. The molecule has 1 aliphatic heterocycles. The molecule has 0 atom stereocenters. The Labute approximate surface area is 166 Å². The van der Waals surface area contributed by atoms with E-state index in [-0.39, 0.29) is 23.1 Å². The van der Waals surface area contributed by atoms with Gasteiger partial charge in [-0.15, -0.1) is 0 Å². The van der Waals surface area contributed by atoms with Crippen molar-refractivity contribution in [2.75, 3.05) is 6.54 Å². The quantitative estimate of drug-likeness (QED) is 0.698. The number of phenols is 1. The van der Waals surface area contributed by atoms with Gasteiger partial charge in [0.2, 0.25) is 5.82 Å². The van der Waals surface area contributed by atoms with E-state index in [1.807, 2.05) is 19.9 Å². The molecule has 0 bridgehead atoms. The summed E-state index contributed by atoms with van der Waals surface area (Å²) in [5, 5.41) is 9.38. The maximum Gasteiger partial charge on any atom is 0.276 e. The van der Waals surface area contributed by atoms with Gasteiger partial charge in [-0.1, -0.05) is 32.0 Å². The van der Waals surface area contributed by atoms with E-state index in [9.17, 15) is 18.7 Å². The van der Waals surface area contributed by atoms with Gasteiger partial charge in [0.15, 0.2) is 23.2 Å². The van der Waals surface area contributed by atoms with Crippen molar-refractivity contribution in [3.05, 3.63) is 70.9 Å². The second-order valence-electron chi connectivity index (χ2n) is 7.41. The number of rotatable bonds is 3. The fourth-order valence-electron chi connectivity index (χ4n) is 3.60. The van der Waals surface area contributed by atoms with Crippen molar-refractivity contribution in [1.82, 2.24) is 9.88 Å². The predicted octanol–water partition coefficient (Wildman–Crippen LogP) is 4.65. The van der Waals surface area contributed by atoms with Crippen LogP contribution in [-0.2, 0) is 13.0 Å². The number of hydrogen-bond acceptors (Lipinski definition) is 4. The molecule has 0 fully saturated rings. The summed E-state index contributed by atoms with van der Waals surface area (Å²) in [6, 6.07) is 7.85. The molecule has 4 rings (SSSR count). The lowest BCUT2D eigenvalue weighted by Crippen LogP contribution is -2.36. The molecule has 150 valence electrons. The lowest BCUT2D eigenvalue weighted by atomic mass is 9.90. The average molecular weight is 398 g/mol. The number of aromatic hydroxyl groups is 1. The van der Waals surface area contributed by atoms with E-state index in [0.717, 1.165) is 17.2 Å². The Bertz CT molecular complexity index is 1090. The van der Waals surface area contributed by atoms with Gasteiger partial charge in [-0.3, -0.25) is 4.79 Å². The minimum absolute atomic E-state index is 0.0850. The summed E-state index contributed by atoms with van der Waals surface area (Å²) in [6.07, 6.45) is 1.87. The number of oxazole rings is 1. The van der Waals surface area contributed by atoms with Gasteiger partial charge in [0.05, 0.1) is 0 Å². The molecule has 3 aromatic rings. The normalized spacial score (nSPS) is 13.6. The van der Waals surface area contributed by atoms with Crippen LogP contribution in [0.1, 0.15) is 47.3 Å². The van der Waals surface area contributed by atoms with Crippen molar-refractivity contribution >= 4 is 5.91 Å². The predicted molar refractivity (Wildman–Crippen MR) is 102 cm³/mol. The molecule has 0 unspecified atom stereocenters. The number of carbonyl (C=O) groups is 1. The molecule has 1 aromatic heterocycles. The molecular formula is C22H20F2N2O3. The first-order chi connectivity index (χ1) is 13.9. The molecule has 1 aliphatic rings. The summed E-state index contributed by atoms with van der Waals surface area (Å²) in [5.74, 6) is -2.69. The zero-order chi connectivity index (χ0) is 20.7. The summed E-state index contributed by atoms with van der Waals surface area (Å²) in [6.45, 7) is 4.64. The lowest BCUT2D eigenvalue weighted by molar-refractivity contribution is 0.0728. The number of amides is 1. The van der Waals surface area contributed by atoms with E-state index < -0.39 is 17.4 Å². The Hall–Kier alpha value is -3.22. The Morgan fingerprint density at radius 3 is 2.69 bits per heavy atom. The van der Waals surface area contributed by atoms with Gasteiger partial charge in [0.25, 0.3) is 5.91 Å². The fraction of sp³-hybridized carbons (Fsp3) is 0.273. The topological polar surface area (TPSA) is 66.6 Å². The molecule has 2 heterocycles. The van der Waals surface area contributed by atoms with Crippen molar-refractivity contribution in [3.8, 4) is 16.9 Å². The second-order valence-corrected chi connectivity index (χ2v) is 7.41. The third-order valence-corrected chi connectivity index (χ3v) is 5.14. The van der Waals surface area contributed by atoms with E-state index in [4.69, 9.17) is 4.42 Å². The van der Waals surface area contributed by atoms with Crippen LogP contribution in [0.2, 0.25) is 0 Å². The van der Waals surface area contributed by atoms with Crippen LogP contribution >= 0.6 is 0 Å². The van der Waals surface area contributed by atoms with E-state index in [1.54, 1.807) is 17.0 Å². The third-order valence-electron chi connectivity index (χ3n) is 5.14. The van der Waals surface area contributed by atoms with Gasteiger partial charge in [-0.25, -0.2) is 9.37 Å². The van der Waals surface area contributed by atoms with Gasteiger partial charge in [-0.2, -0.15) is 4.39 Å². The first-order valence-electron chi connectivity index (χ1n) is 9.39. The highest BCUT2D eigenvalue weighted by atomic mass is 19.2. The minimum Gasteiger partial charge on any atom is -0.505 e. The molecule has 2 aromatic carbocycles. The fourth-order valence-corrected chi connectivity index (χ4v) is 3.60. The summed E-state index contributed by atoms with van der Waals surface area (Å²) in [5.41, 5.74) is 2.65. The Morgan fingerprint density at radius 2 is 1.97 bits per heavy atom. The Morgan fingerprint density at radius 1 is 1.17 bits per heavy atom. The van der Waals surface area contributed by atoms with Crippen LogP contribution in [0.15, 0.2) is 41.0 Å². The monoisotopic (exact) mass is 398 g/mol. The number of benzene rings is 2. The van der Waals surface area contributed by atoms with E-state index in [0.29, 0.717) is 31.0 Å². The highest BCUT2D eigenvalue weighted by Gasteiger charge is 2.27. The largest absolute Gasteiger partial charge is 0.505 e. The van der Waals surface area contributed by atoms with Crippen LogP contribution in [0.25, 0.3) is 11.1 Å². The van der Waals surface area contributed by atoms with E-state index >= 15 is 0 Å². The minimum atomic E-state index is -1.26. The SMILES string of the molecule is CC(C)c1nc(C(=O)N2CCc3c(cccc3-c3ccc(O)c(F)c3F)C2)co1.